The lowest BCUT2D eigenvalue weighted by Crippen LogP contribution is -2.40. The van der Waals surface area contributed by atoms with Crippen molar-refractivity contribution in [2.75, 3.05) is 26.9 Å². The van der Waals surface area contributed by atoms with Crippen LogP contribution in [0, 0.1) is 11.3 Å². The average molecular weight is 242 g/mol. The van der Waals surface area contributed by atoms with E-state index in [4.69, 9.17) is 14.7 Å². The minimum atomic E-state index is -0.391. The third-order valence-electron chi connectivity index (χ3n) is 2.87. The molecule has 0 saturated heterocycles. The molecule has 1 atom stereocenters. The van der Waals surface area contributed by atoms with Gasteiger partial charge in [0, 0.05) is 6.61 Å². The van der Waals surface area contributed by atoms with E-state index in [1.165, 1.54) is 0 Å². The van der Waals surface area contributed by atoms with Gasteiger partial charge >= 0.3 is 0 Å². The van der Waals surface area contributed by atoms with Crippen LogP contribution in [-0.4, -0.2) is 38.5 Å². The smallest absolute Gasteiger partial charge is 0.106 e. The van der Waals surface area contributed by atoms with Gasteiger partial charge < -0.3 is 14.8 Å². The molecule has 1 unspecified atom stereocenters. The van der Waals surface area contributed by atoms with E-state index >= 15 is 0 Å². The van der Waals surface area contributed by atoms with Crippen molar-refractivity contribution >= 4 is 0 Å². The summed E-state index contributed by atoms with van der Waals surface area (Å²) in [5.41, 5.74) is -0.391. The summed E-state index contributed by atoms with van der Waals surface area (Å²) in [7, 11) is 1.84. The molecule has 0 aromatic rings. The zero-order chi connectivity index (χ0) is 13.1. The van der Waals surface area contributed by atoms with Gasteiger partial charge in [-0.25, -0.2) is 0 Å². The van der Waals surface area contributed by atoms with E-state index in [-0.39, 0.29) is 6.10 Å². The molecular formula is C13H26N2O2. The lowest BCUT2D eigenvalue weighted by Gasteiger charge is -2.24. The Morgan fingerprint density at radius 2 is 2.00 bits per heavy atom. The molecule has 4 nitrogen and oxygen atoms in total. The second-order valence-corrected chi connectivity index (χ2v) is 4.43. The first-order valence-corrected chi connectivity index (χ1v) is 6.39. The van der Waals surface area contributed by atoms with Crippen molar-refractivity contribution in [3.05, 3.63) is 0 Å². The van der Waals surface area contributed by atoms with Crippen LogP contribution in [0.5, 0.6) is 0 Å². The molecule has 0 aliphatic rings. The van der Waals surface area contributed by atoms with Crippen LogP contribution in [0.15, 0.2) is 0 Å². The van der Waals surface area contributed by atoms with Crippen molar-refractivity contribution in [3.8, 4) is 6.07 Å². The maximum Gasteiger partial charge on any atom is 0.106 e. The largest absolute Gasteiger partial charge is 0.379 e. The normalized spacial score (nSPS) is 14.6. The Kier molecular flexibility index (Phi) is 9.06. The Labute approximate surface area is 105 Å². The fourth-order valence-electron chi connectivity index (χ4n) is 1.59. The van der Waals surface area contributed by atoms with Gasteiger partial charge in [-0.05, 0) is 40.2 Å². The monoisotopic (exact) mass is 242 g/mol. The van der Waals surface area contributed by atoms with E-state index in [2.05, 4.69) is 11.4 Å². The van der Waals surface area contributed by atoms with Crippen LogP contribution in [0.3, 0.4) is 0 Å². The molecule has 0 saturated carbocycles. The molecule has 0 aromatic heterocycles. The molecule has 0 heterocycles. The predicted octanol–water partition coefficient (Wildman–Crippen LogP) is 2.10. The highest BCUT2D eigenvalue weighted by Crippen LogP contribution is 2.15. The zero-order valence-electron chi connectivity index (χ0n) is 11.6. The van der Waals surface area contributed by atoms with Crippen molar-refractivity contribution in [3.63, 3.8) is 0 Å². The fraction of sp³-hybridized carbons (Fsp3) is 0.923. The molecular weight excluding hydrogens is 216 g/mol. The van der Waals surface area contributed by atoms with Crippen molar-refractivity contribution in [2.45, 2.75) is 51.7 Å². The topological polar surface area (TPSA) is 54.3 Å². The molecule has 17 heavy (non-hydrogen) atoms. The second-order valence-electron chi connectivity index (χ2n) is 4.43. The van der Waals surface area contributed by atoms with E-state index in [0.29, 0.717) is 19.8 Å². The summed E-state index contributed by atoms with van der Waals surface area (Å²) in [6, 6.07) is 2.34. The van der Waals surface area contributed by atoms with Crippen LogP contribution in [0.2, 0.25) is 0 Å². The molecule has 0 aromatic carbocycles. The highest BCUT2D eigenvalue weighted by molar-refractivity contribution is 5.05. The van der Waals surface area contributed by atoms with Gasteiger partial charge in [0.05, 0.1) is 25.4 Å². The van der Waals surface area contributed by atoms with Gasteiger partial charge in [-0.1, -0.05) is 6.92 Å². The first-order valence-electron chi connectivity index (χ1n) is 6.39. The van der Waals surface area contributed by atoms with Crippen LogP contribution >= 0.6 is 0 Å². The summed E-state index contributed by atoms with van der Waals surface area (Å²) < 4.78 is 10.8. The summed E-state index contributed by atoms with van der Waals surface area (Å²) in [5.74, 6) is 0. The van der Waals surface area contributed by atoms with Gasteiger partial charge in [0.25, 0.3) is 0 Å². The third kappa shape index (κ3) is 7.32. The first kappa shape index (κ1) is 16.4. The van der Waals surface area contributed by atoms with Gasteiger partial charge in [0.1, 0.15) is 5.54 Å². The minimum absolute atomic E-state index is 0.259. The van der Waals surface area contributed by atoms with Gasteiger partial charge in [-0.2, -0.15) is 5.26 Å². The molecule has 0 aliphatic heterocycles. The lowest BCUT2D eigenvalue weighted by molar-refractivity contribution is 0.0179. The van der Waals surface area contributed by atoms with E-state index in [1.807, 2.05) is 27.8 Å². The van der Waals surface area contributed by atoms with E-state index < -0.39 is 5.54 Å². The zero-order valence-corrected chi connectivity index (χ0v) is 11.6. The van der Waals surface area contributed by atoms with Crippen LogP contribution in [0.25, 0.3) is 0 Å². The van der Waals surface area contributed by atoms with E-state index in [9.17, 15) is 0 Å². The molecule has 4 heteroatoms. The highest BCUT2D eigenvalue weighted by atomic mass is 16.5. The third-order valence-corrected chi connectivity index (χ3v) is 2.87. The van der Waals surface area contributed by atoms with Crippen LogP contribution in [0.1, 0.15) is 40.0 Å². The SMILES string of the molecule is CCC(C#N)(CCCOCCOC(C)C)NC. The standard InChI is InChI=1S/C13H26N2O2/c1-5-13(11-14,15-4)7-6-8-16-9-10-17-12(2)3/h12,15H,5-10H2,1-4H3. The number of hydrogen-bond donors (Lipinski definition) is 1. The fourth-order valence-corrected chi connectivity index (χ4v) is 1.59. The van der Waals surface area contributed by atoms with Gasteiger partial charge in [0.2, 0.25) is 0 Å². The first-order chi connectivity index (χ1) is 8.10. The number of nitriles is 1. The Morgan fingerprint density at radius 1 is 1.29 bits per heavy atom. The van der Waals surface area contributed by atoms with Gasteiger partial charge in [-0.3, -0.25) is 0 Å². The maximum absolute atomic E-state index is 9.11. The number of rotatable bonds is 10. The maximum atomic E-state index is 9.11. The summed E-state index contributed by atoms with van der Waals surface area (Å²) in [6.07, 6.45) is 2.79. The molecule has 0 aliphatic carbocycles. The summed E-state index contributed by atoms with van der Waals surface area (Å²) in [6.45, 7) is 8.00. The van der Waals surface area contributed by atoms with Gasteiger partial charge in [-0.15, -0.1) is 0 Å². The average Bonchev–Trinajstić information content (AvgIpc) is 2.33. The number of nitrogens with zero attached hydrogens (tertiary/aromatic N) is 1. The quantitative estimate of drug-likeness (QED) is 0.596. The summed E-state index contributed by atoms with van der Waals surface area (Å²) in [4.78, 5) is 0. The van der Waals surface area contributed by atoms with Crippen LogP contribution in [0.4, 0.5) is 0 Å². The van der Waals surface area contributed by atoms with Crippen molar-refractivity contribution < 1.29 is 9.47 Å². The van der Waals surface area contributed by atoms with Crippen molar-refractivity contribution in [1.82, 2.24) is 5.32 Å². The molecule has 0 rings (SSSR count). The molecule has 1 N–H and O–H groups in total. The molecule has 0 spiro atoms. The second kappa shape index (κ2) is 9.41. The number of ether oxygens (including phenoxy) is 2. The van der Waals surface area contributed by atoms with Crippen LogP contribution < -0.4 is 5.32 Å². The number of hydrogen-bond acceptors (Lipinski definition) is 4. The summed E-state index contributed by atoms with van der Waals surface area (Å²) in [5, 5.41) is 12.2. The molecule has 0 radical (unpaired) electrons. The lowest BCUT2D eigenvalue weighted by atomic mass is 9.92. The van der Waals surface area contributed by atoms with E-state index in [1.54, 1.807) is 0 Å². The summed E-state index contributed by atoms with van der Waals surface area (Å²) >= 11 is 0. The minimum Gasteiger partial charge on any atom is -0.379 e. The van der Waals surface area contributed by atoms with Gasteiger partial charge in [0.15, 0.2) is 0 Å². The Morgan fingerprint density at radius 3 is 2.47 bits per heavy atom. The Hall–Kier alpha value is -0.630. The molecule has 0 amide bonds. The number of nitrogens with one attached hydrogen (secondary N) is 1. The highest BCUT2D eigenvalue weighted by Gasteiger charge is 2.24. The van der Waals surface area contributed by atoms with Crippen LogP contribution in [-0.2, 0) is 9.47 Å². The van der Waals surface area contributed by atoms with Crippen molar-refractivity contribution in [2.24, 2.45) is 0 Å². The van der Waals surface area contributed by atoms with E-state index in [0.717, 1.165) is 19.3 Å². The van der Waals surface area contributed by atoms with Crippen molar-refractivity contribution in [1.29, 1.82) is 5.26 Å². The predicted molar refractivity (Wildman–Crippen MR) is 68.8 cm³/mol. The Balaban J connectivity index is 3.54. The Bertz CT molecular complexity index is 220. The molecule has 0 bridgehead atoms. The molecule has 0 fully saturated rings. The molecule has 100 valence electrons.